The highest BCUT2D eigenvalue weighted by Crippen LogP contribution is 2.41. The van der Waals surface area contributed by atoms with E-state index in [2.05, 4.69) is 47.1 Å². The van der Waals surface area contributed by atoms with Crippen LogP contribution in [-0.2, 0) is 6.42 Å². The number of amidine groups is 1. The van der Waals surface area contributed by atoms with E-state index in [0.717, 1.165) is 14.0 Å². The number of thiophene rings is 1. The van der Waals surface area contributed by atoms with Crippen LogP contribution in [0.4, 0.5) is 10.7 Å². The summed E-state index contributed by atoms with van der Waals surface area (Å²) in [6.07, 6.45) is 0.675. The molecule has 1 aromatic heterocycles. The van der Waals surface area contributed by atoms with Gasteiger partial charge in [0.1, 0.15) is 10.8 Å². The zero-order valence-electron chi connectivity index (χ0n) is 13.8. The Bertz CT molecular complexity index is 878. The van der Waals surface area contributed by atoms with Gasteiger partial charge in [-0.1, -0.05) is 25.4 Å². The van der Waals surface area contributed by atoms with Gasteiger partial charge in [0.2, 0.25) is 0 Å². The predicted octanol–water partition coefficient (Wildman–Crippen LogP) is 4.35. The number of carbonyl (C=O) groups excluding carboxylic acids is 1. The van der Waals surface area contributed by atoms with Crippen LogP contribution in [0, 0.1) is 14.4 Å². The number of fused-ring (bicyclic) bond motifs is 1. The third-order valence-corrected chi connectivity index (χ3v) is 6.21. The van der Waals surface area contributed by atoms with Crippen LogP contribution in [0.5, 0.6) is 0 Å². The van der Waals surface area contributed by atoms with Gasteiger partial charge in [0.05, 0.1) is 21.2 Å². The average molecular weight is 489 g/mol. The fourth-order valence-electron chi connectivity index (χ4n) is 2.85. The number of nitrogens with two attached hydrogens (primary N) is 1. The van der Waals surface area contributed by atoms with Gasteiger partial charge in [0, 0.05) is 10.1 Å². The van der Waals surface area contributed by atoms with Crippen molar-refractivity contribution in [3.8, 4) is 0 Å². The zero-order chi connectivity index (χ0) is 18.4. The Morgan fingerprint density at radius 1 is 1.48 bits per heavy atom. The molecule has 5 N–H and O–H groups in total. The Morgan fingerprint density at radius 2 is 2.20 bits per heavy atom. The number of halogens is 2. The SMILES string of the molecule is CC1(C)CNC(=N)c2sc(Nc3ccc(I)cc3Cl)c(C(N)=O)c2C1. The quantitative estimate of drug-likeness (QED) is 0.484. The molecule has 3 rings (SSSR count). The van der Waals surface area contributed by atoms with Gasteiger partial charge in [-0.3, -0.25) is 10.2 Å². The van der Waals surface area contributed by atoms with Crippen LogP contribution < -0.4 is 16.4 Å². The zero-order valence-corrected chi connectivity index (χ0v) is 17.5. The van der Waals surface area contributed by atoms with Crippen molar-refractivity contribution in [1.82, 2.24) is 5.32 Å². The average Bonchev–Trinajstić information content (AvgIpc) is 2.80. The summed E-state index contributed by atoms with van der Waals surface area (Å²) >= 11 is 9.86. The highest BCUT2D eigenvalue weighted by atomic mass is 127. The third-order valence-electron chi connectivity index (χ3n) is 4.06. The van der Waals surface area contributed by atoms with E-state index in [9.17, 15) is 4.79 Å². The van der Waals surface area contributed by atoms with Gasteiger partial charge < -0.3 is 16.4 Å². The standard InChI is InChI=1S/C17H18ClIN4OS/c1-17(2)6-9-12(15(21)24)16(25-13(9)14(20)22-7-17)23-11-4-3-8(19)5-10(11)18/h3-5,23H,6-7H2,1-2H3,(H2,20,22)(H2,21,24). The van der Waals surface area contributed by atoms with Crippen LogP contribution in [-0.4, -0.2) is 18.3 Å². The second-order valence-electron chi connectivity index (χ2n) is 6.80. The minimum Gasteiger partial charge on any atom is -0.369 e. The van der Waals surface area contributed by atoms with Gasteiger partial charge in [0.25, 0.3) is 5.91 Å². The molecule has 1 aliphatic heterocycles. The fraction of sp³-hybridized carbons (Fsp3) is 0.294. The molecule has 0 aliphatic carbocycles. The lowest BCUT2D eigenvalue weighted by Crippen LogP contribution is -2.31. The van der Waals surface area contributed by atoms with Crippen LogP contribution in [0.25, 0.3) is 0 Å². The van der Waals surface area contributed by atoms with E-state index in [1.54, 1.807) is 0 Å². The molecule has 0 bridgehead atoms. The Kier molecular flexibility index (Phi) is 5.00. The van der Waals surface area contributed by atoms with Crippen LogP contribution in [0.3, 0.4) is 0 Å². The molecule has 0 saturated carbocycles. The molecule has 0 atom stereocenters. The maximum absolute atomic E-state index is 12.2. The first-order valence-electron chi connectivity index (χ1n) is 7.68. The molecule has 25 heavy (non-hydrogen) atoms. The summed E-state index contributed by atoms with van der Waals surface area (Å²) in [5, 5.41) is 15.9. The van der Waals surface area contributed by atoms with Crippen molar-refractivity contribution in [2.45, 2.75) is 20.3 Å². The molecule has 0 spiro atoms. The van der Waals surface area contributed by atoms with Crippen LogP contribution in [0.1, 0.15) is 34.6 Å². The highest BCUT2D eigenvalue weighted by molar-refractivity contribution is 14.1. The Morgan fingerprint density at radius 3 is 2.84 bits per heavy atom. The molecule has 2 aromatic rings. The molecule has 5 nitrogen and oxygen atoms in total. The van der Waals surface area contributed by atoms with Crippen LogP contribution in [0.15, 0.2) is 18.2 Å². The summed E-state index contributed by atoms with van der Waals surface area (Å²) in [6, 6.07) is 5.65. The summed E-state index contributed by atoms with van der Waals surface area (Å²) in [6.45, 7) is 4.89. The summed E-state index contributed by atoms with van der Waals surface area (Å²) in [5.74, 6) is -0.165. The van der Waals surface area contributed by atoms with Gasteiger partial charge in [-0.25, -0.2) is 0 Å². The fourth-order valence-corrected chi connectivity index (χ4v) is 4.91. The van der Waals surface area contributed by atoms with Crippen molar-refractivity contribution < 1.29 is 4.79 Å². The van der Waals surface area contributed by atoms with Crippen molar-refractivity contribution in [3.05, 3.63) is 42.8 Å². The first kappa shape index (κ1) is 18.5. The van der Waals surface area contributed by atoms with E-state index >= 15 is 0 Å². The second-order valence-corrected chi connectivity index (χ2v) is 9.47. The van der Waals surface area contributed by atoms with E-state index in [-0.39, 0.29) is 5.41 Å². The number of amides is 1. The summed E-state index contributed by atoms with van der Waals surface area (Å²) < 4.78 is 1.03. The van der Waals surface area contributed by atoms with Crippen molar-refractivity contribution in [3.63, 3.8) is 0 Å². The maximum Gasteiger partial charge on any atom is 0.252 e. The number of primary amides is 1. The van der Waals surface area contributed by atoms with Crippen LogP contribution >= 0.6 is 45.5 Å². The highest BCUT2D eigenvalue weighted by Gasteiger charge is 2.32. The number of rotatable bonds is 3. The molecule has 1 aromatic carbocycles. The molecule has 1 amide bonds. The normalized spacial score (nSPS) is 15.9. The molecule has 1 aliphatic rings. The maximum atomic E-state index is 12.2. The second kappa shape index (κ2) is 6.77. The van der Waals surface area contributed by atoms with Gasteiger partial charge in [-0.15, -0.1) is 11.3 Å². The molecule has 2 heterocycles. The summed E-state index contributed by atoms with van der Waals surface area (Å²) in [4.78, 5) is 12.9. The molecular formula is C17H18ClIN4OS. The topological polar surface area (TPSA) is 91.0 Å². The first-order chi connectivity index (χ1) is 11.7. The molecule has 0 radical (unpaired) electrons. The smallest absolute Gasteiger partial charge is 0.252 e. The van der Waals surface area contributed by atoms with E-state index in [1.807, 2.05) is 18.2 Å². The van der Waals surface area contributed by atoms with Gasteiger partial charge in [0.15, 0.2) is 0 Å². The van der Waals surface area contributed by atoms with Crippen molar-refractivity contribution in [2.24, 2.45) is 11.1 Å². The van der Waals surface area contributed by atoms with Crippen LogP contribution in [0.2, 0.25) is 5.02 Å². The largest absolute Gasteiger partial charge is 0.369 e. The lowest BCUT2D eigenvalue weighted by atomic mass is 9.85. The van der Waals surface area contributed by atoms with Crippen molar-refractivity contribution in [1.29, 1.82) is 5.41 Å². The Hall–Kier alpha value is -1.32. The third kappa shape index (κ3) is 3.78. The number of hydrogen-bond donors (Lipinski definition) is 4. The predicted molar refractivity (Wildman–Crippen MR) is 113 cm³/mol. The van der Waals surface area contributed by atoms with Crippen molar-refractivity contribution >= 4 is 68.0 Å². The molecule has 0 fully saturated rings. The minimum atomic E-state index is -0.493. The van der Waals surface area contributed by atoms with Gasteiger partial charge in [-0.05, 0) is 58.2 Å². The molecule has 132 valence electrons. The van der Waals surface area contributed by atoms with E-state index in [1.165, 1.54) is 11.3 Å². The minimum absolute atomic E-state index is 0.0827. The lowest BCUT2D eigenvalue weighted by Gasteiger charge is -2.22. The Labute approximate surface area is 169 Å². The van der Waals surface area contributed by atoms with Gasteiger partial charge >= 0.3 is 0 Å². The summed E-state index contributed by atoms with van der Waals surface area (Å²) in [7, 11) is 0. The number of carbonyl (C=O) groups is 1. The molecular weight excluding hydrogens is 471 g/mol. The molecule has 0 saturated heterocycles. The summed E-state index contributed by atoms with van der Waals surface area (Å²) in [5.41, 5.74) is 7.60. The number of nitrogens with one attached hydrogen (secondary N) is 3. The van der Waals surface area contributed by atoms with E-state index < -0.39 is 5.91 Å². The molecule has 0 unspecified atom stereocenters. The number of hydrogen-bond acceptors (Lipinski definition) is 4. The van der Waals surface area contributed by atoms with Crippen molar-refractivity contribution in [2.75, 3.05) is 11.9 Å². The lowest BCUT2D eigenvalue weighted by molar-refractivity contribution is 0.1000. The Balaban J connectivity index is 2.10. The number of anilines is 2. The monoisotopic (exact) mass is 488 g/mol. The van der Waals surface area contributed by atoms with E-state index in [0.29, 0.717) is 40.1 Å². The van der Waals surface area contributed by atoms with E-state index in [4.69, 9.17) is 22.7 Å². The number of benzene rings is 1. The van der Waals surface area contributed by atoms with Gasteiger partial charge in [-0.2, -0.15) is 0 Å². The molecule has 8 heteroatoms. The first-order valence-corrected chi connectivity index (χ1v) is 9.95.